The Labute approximate surface area is 167 Å². The van der Waals surface area contributed by atoms with Crippen molar-refractivity contribution in [1.29, 1.82) is 0 Å². The molecular weight excluding hydrogens is 350 g/mol. The Morgan fingerprint density at radius 2 is 1.89 bits per heavy atom. The zero-order valence-electron chi connectivity index (χ0n) is 17.1. The lowest BCUT2D eigenvalue weighted by Gasteiger charge is -2.26. The highest BCUT2D eigenvalue weighted by Gasteiger charge is 2.29. The third-order valence-electron chi connectivity index (χ3n) is 5.14. The van der Waals surface area contributed by atoms with E-state index in [1.807, 2.05) is 36.4 Å². The largest absolute Gasteiger partial charge is 0.491 e. The van der Waals surface area contributed by atoms with Gasteiger partial charge in [0.25, 0.3) is 0 Å². The second-order valence-electron chi connectivity index (χ2n) is 8.67. The first-order valence-corrected chi connectivity index (χ1v) is 10.1. The molecule has 0 aliphatic heterocycles. The van der Waals surface area contributed by atoms with Crippen LogP contribution in [0.2, 0.25) is 0 Å². The minimum Gasteiger partial charge on any atom is -0.491 e. The van der Waals surface area contributed by atoms with Gasteiger partial charge >= 0.3 is 0 Å². The summed E-state index contributed by atoms with van der Waals surface area (Å²) in [5, 5.41) is 13.5. The van der Waals surface area contributed by atoms with E-state index in [1.54, 1.807) is 0 Å². The maximum Gasteiger partial charge on any atom is 0.166 e. The molecule has 0 bridgehead atoms. The minimum absolute atomic E-state index is 0.0201. The fourth-order valence-corrected chi connectivity index (χ4v) is 3.62. The standard InChI is InChI=1S/C24H31NO3/c1-24(2,3)25-15-19(26)16-28-22-11-7-10-21-20(22)13-12-18(23(21)27)14-17-8-5-4-6-9-17/h4-11,18-19,25-26H,12-16H2,1-3H3/t18-,19-/m0/s1. The van der Waals surface area contributed by atoms with E-state index in [-0.39, 0.29) is 23.8 Å². The smallest absolute Gasteiger partial charge is 0.166 e. The summed E-state index contributed by atoms with van der Waals surface area (Å²) in [6.45, 7) is 6.86. The number of hydrogen-bond acceptors (Lipinski definition) is 4. The van der Waals surface area contributed by atoms with E-state index in [0.29, 0.717) is 6.54 Å². The fraction of sp³-hybridized carbons (Fsp3) is 0.458. The van der Waals surface area contributed by atoms with Gasteiger partial charge in [-0.25, -0.2) is 0 Å². The van der Waals surface area contributed by atoms with Crippen molar-refractivity contribution in [2.45, 2.75) is 51.7 Å². The molecule has 0 amide bonds. The van der Waals surface area contributed by atoms with Gasteiger partial charge in [-0.05, 0) is 51.7 Å². The summed E-state index contributed by atoms with van der Waals surface area (Å²) >= 11 is 0. The van der Waals surface area contributed by atoms with Gasteiger partial charge in [0, 0.05) is 29.1 Å². The second kappa shape index (κ2) is 8.89. The van der Waals surface area contributed by atoms with Crippen LogP contribution in [0, 0.1) is 5.92 Å². The number of carbonyl (C=O) groups excluding carboxylic acids is 1. The van der Waals surface area contributed by atoms with Crippen molar-refractivity contribution in [2.24, 2.45) is 5.92 Å². The van der Waals surface area contributed by atoms with E-state index in [4.69, 9.17) is 4.74 Å². The third-order valence-corrected chi connectivity index (χ3v) is 5.14. The normalized spacial score (nSPS) is 17.9. The van der Waals surface area contributed by atoms with Crippen LogP contribution < -0.4 is 10.1 Å². The maximum atomic E-state index is 13.0. The molecule has 28 heavy (non-hydrogen) atoms. The van der Waals surface area contributed by atoms with Crippen molar-refractivity contribution in [3.05, 3.63) is 65.2 Å². The highest BCUT2D eigenvalue weighted by atomic mass is 16.5. The highest BCUT2D eigenvalue weighted by molar-refractivity contribution is 6.01. The van der Waals surface area contributed by atoms with Gasteiger partial charge in [0.15, 0.2) is 5.78 Å². The van der Waals surface area contributed by atoms with Crippen molar-refractivity contribution >= 4 is 5.78 Å². The van der Waals surface area contributed by atoms with Crippen LogP contribution in [0.3, 0.4) is 0 Å². The van der Waals surface area contributed by atoms with E-state index >= 15 is 0 Å². The summed E-state index contributed by atoms with van der Waals surface area (Å²) in [6.07, 6.45) is 1.84. The quantitative estimate of drug-likeness (QED) is 0.766. The van der Waals surface area contributed by atoms with E-state index in [2.05, 4.69) is 38.2 Å². The highest BCUT2D eigenvalue weighted by Crippen LogP contribution is 2.33. The Bertz CT molecular complexity index is 795. The molecule has 1 aliphatic rings. The summed E-state index contributed by atoms with van der Waals surface area (Å²) in [6, 6.07) is 15.9. The molecule has 0 radical (unpaired) electrons. The monoisotopic (exact) mass is 381 g/mol. The summed E-state index contributed by atoms with van der Waals surface area (Å²) in [5.41, 5.74) is 2.90. The van der Waals surface area contributed by atoms with Gasteiger partial charge in [-0.15, -0.1) is 0 Å². The summed E-state index contributed by atoms with van der Waals surface area (Å²) in [5.74, 6) is 0.941. The van der Waals surface area contributed by atoms with Crippen LogP contribution in [0.4, 0.5) is 0 Å². The Morgan fingerprint density at radius 1 is 1.14 bits per heavy atom. The van der Waals surface area contributed by atoms with Crippen molar-refractivity contribution in [1.82, 2.24) is 5.32 Å². The SMILES string of the molecule is CC(C)(C)NC[C@H](O)COc1cccc2c1CC[C@@H](Cc1ccccc1)C2=O. The van der Waals surface area contributed by atoms with Crippen LogP contribution in [0.25, 0.3) is 0 Å². The number of Topliss-reactive ketones (excluding diaryl/α,β-unsaturated/α-hetero) is 1. The third kappa shape index (κ3) is 5.43. The number of aliphatic hydroxyl groups is 1. The Kier molecular flexibility index (Phi) is 6.53. The fourth-order valence-electron chi connectivity index (χ4n) is 3.62. The average molecular weight is 382 g/mol. The second-order valence-corrected chi connectivity index (χ2v) is 8.67. The number of nitrogens with one attached hydrogen (secondary N) is 1. The van der Waals surface area contributed by atoms with Crippen LogP contribution in [0.15, 0.2) is 48.5 Å². The number of aliphatic hydroxyl groups excluding tert-OH is 1. The lowest BCUT2D eigenvalue weighted by molar-refractivity contribution is 0.0893. The molecule has 2 atom stereocenters. The first-order chi connectivity index (χ1) is 13.3. The van der Waals surface area contributed by atoms with E-state index in [1.165, 1.54) is 5.56 Å². The predicted molar refractivity (Wildman–Crippen MR) is 112 cm³/mol. The van der Waals surface area contributed by atoms with Crippen LogP contribution in [0.5, 0.6) is 5.75 Å². The number of benzene rings is 2. The topological polar surface area (TPSA) is 58.6 Å². The van der Waals surface area contributed by atoms with Crippen LogP contribution in [0.1, 0.15) is 48.7 Å². The molecule has 0 spiro atoms. The lowest BCUT2D eigenvalue weighted by Crippen LogP contribution is -2.42. The number of ether oxygens (including phenoxy) is 1. The van der Waals surface area contributed by atoms with E-state index < -0.39 is 6.10 Å². The molecule has 150 valence electrons. The maximum absolute atomic E-state index is 13.0. The first-order valence-electron chi connectivity index (χ1n) is 10.1. The number of rotatable bonds is 7. The molecule has 0 saturated carbocycles. The number of hydrogen-bond donors (Lipinski definition) is 2. The van der Waals surface area contributed by atoms with Crippen molar-refractivity contribution in [3.8, 4) is 5.75 Å². The number of fused-ring (bicyclic) bond motifs is 1. The summed E-state index contributed by atoms with van der Waals surface area (Å²) < 4.78 is 5.89. The van der Waals surface area contributed by atoms with E-state index in [9.17, 15) is 9.90 Å². The van der Waals surface area contributed by atoms with Gasteiger partial charge in [0.1, 0.15) is 18.5 Å². The van der Waals surface area contributed by atoms with Gasteiger partial charge in [-0.2, -0.15) is 0 Å². The van der Waals surface area contributed by atoms with Crippen molar-refractivity contribution < 1.29 is 14.6 Å². The summed E-state index contributed by atoms with van der Waals surface area (Å²) in [4.78, 5) is 13.0. The molecule has 0 saturated heterocycles. The van der Waals surface area contributed by atoms with Crippen LogP contribution in [-0.2, 0) is 12.8 Å². The molecule has 4 nitrogen and oxygen atoms in total. The molecular formula is C24H31NO3. The van der Waals surface area contributed by atoms with Crippen LogP contribution in [-0.4, -0.2) is 35.7 Å². The molecule has 0 aromatic heterocycles. The number of β-amino-alcohol motifs (C(OH)–C–C–N with tert-alkyl or cyclic N) is 1. The summed E-state index contributed by atoms with van der Waals surface area (Å²) in [7, 11) is 0. The molecule has 1 aliphatic carbocycles. The number of ketones is 1. The molecule has 0 unspecified atom stereocenters. The van der Waals surface area contributed by atoms with Gasteiger partial charge in [0.05, 0.1) is 0 Å². The minimum atomic E-state index is -0.597. The Balaban J connectivity index is 1.64. The molecule has 2 aromatic rings. The van der Waals surface area contributed by atoms with Gasteiger partial charge < -0.3 is 15.2 Å². The zero-order valence-corrected chi connectivity index (χ0v) is 17.1. The first kappa shape index (κ1) is 20.6. The molecule has 2 N–H and O–H groups in total. The van der Waals surface area contributed by atoms with E-state index in [0.717, 1.165) is 36.1 Å². The molecule has 0 heterocycles. The van der Waals surface area contributed by atoms with Crippen molar-refractivity contribution in [2.75, 3.05) is 13.2 Å². The Morgan fingerprint density at radius 3 is 2.61 bits per heavy atom. The number of carbonyl (C=O) groups is 1. The van der Waals surface area contributed by atoms with Gasteiger partial charge in [-0.1, -0.05) is 42.5 Å². The molecule has 3 rings (SSSR count). The molecule has 0 fully saturated rings. The zero-order chi connectivity index (χ0) is 20.1. The molecule has 2 aromatic carbocycles. The van der Waals surface area contributed by atoms with Gasteiger partial charge in [0.2, 0.25) is 0 Å². The van der Waals surface area contributed by atoms with Gasteiger partial charge in [-0.3, -0.25) is 4.79 Å². The predicted octanol–water partition coefficient (Wildman–Crippen LogP) is 3.80. The average Bonchev–Trinajstić information content (AvgIpc) is 2.67. The van der Waals surface area contributed by atoms with Crippen LogP contribution >= 0.6 is 0 Å². The molecule has 4 heteroatoms. The van der Waals surface area contributed by atoms with Crippen molar-refractivity contribution in [3.63, 3.8) is 0 Å². The lowest BCUT2D eigenvalue weighted by atomic mass is 9.79. The Hall–Kier alpha value is -2.17.